The number of pyridine rings is 1. The number of hydrogen-bond donors (Lipinski definition) is 0. The number of nitrogens with zero attached hydrogens (tertiary/aromatic N) is 2. The van der Waals surface area contributed by atoms with Crippen LogP contribution in [-0.2, 0) is 4.74 Å². The van der Waals surface area contributed by atoms with E-state index in [1.807, 2.05) is 11.8 Å². The van der Waals surface area contributed by atoms with Crippen molar-refractivity contribution in [3.8, 4) is 0 Å². The van der Waals surface area contributed by atoms with Crippen molar-refractivity contribution in [2.75, 3.05) is 18.4 Å². The summed E-state index contributed by atoms with van der Waals surface area (Å²) < 4.78 is 6.52. The van der Waals surface area contributed by atoms with Gasteiger partial charge in [-0.3, -0.25) is 9.78 Å². The molecular formula is C12H14Br2N2O2. The van der Waals surface area contributed by atoms with Crippen LogP contribution in [-0.4, -0.2) is 46.4 Å². The highest BCUT2D eigenvalue weighted by molar-refractivity contribution is 9.10. The molecule has 1 fully saturated rings. The van der Waals surface area contributed by atoms with Crippen LogP contribution < -0.4 is 0 Å². The van der Waals surface area contributed by atoms with Crippen LogP contribution in [0.5, 0.6) is 0 Å². The van der Waals surface area contributed by atoms with Crippen molar-refractivity contribution in [3.63, 3.8) is 0 Å². The molecule has 0 radical (unpaired) electrons. The Hall–Kier alpha value is -0.460. The molecule has 1 aliphatic rings. The maximum Gasteiger partial charge on any atom is 0.255 e. The molecule has 6 heteroatoms. The van der Waals surface area contributed by atoms with Crippen molar-refractivity contribution in [1.82, 2.24) is 9.88 Å². The summed E-state index contributed by atoms with van der Waals surface area (Å²) in [6.07, 6.45) is 3.37. The number of ether oxygens (including phenoxy) is 1. The van der Waals surface area contributed by atoms with Crippen LogP contribution in [0.25, 0.3) is 0 Å². The number of hydrogen-bond acceptors (Lipinski definition) is 3. The average Bonchev–Trinajstić information content (AvgIpc) is 2.37. The Morgan fingerprint density at radius 2 is 2.33 bits per heavy atom. The number of morpholine rings is 1. The highest BCUT2D eigenvalue weighted by atomic mass is 79.9. The molecule has 2 heterocycles. The summed E-state index contributed by atoms with van der Waals surface area (Å²) in [6.45, 7) is 3.21. The lowest BCUT2D eigenvalue weighted by Gasteiger charge is -2.36. The Morgan fingerprint density at radius 1 is 1.56 bits per heavy atom. The van der Waals surface area contributed by atoms with Crippen LogP contribution in [0.3, 0.4) is 0 Å². The summed E-state index contributed by atoms with van der Waals surface area (Å²) >= 11 is 6.73. The standard InChI is InChI=1S/C12H14Br2N2O2/c1-8-6-16(7-11(3-13)18-8)12(17)9-2-10(14)5-15-4-9/h2,4-5,8,11H,3,6-7H2,1H3. The molecule has 1 aromatic rings. The zero-order chi connectivity index (χ0) is 13.1. The number of carbonyl (C=O) groups excluding carboxylic acids is 1. The highest BCUT2D eigenvalue weighted by Gasteiger charge is 2.28. The van der Waals surface area contributed by atoms with E-state index in [4.69, 9.17) is 4.74 Å². The van der Waals surface area contributed by atoms with Gasteiger partial charge in [-0.25, -0.2) is 0 Å². The Morgan fingerprint density at radius 3 is 3.00 bits per heavy atom. The molecule has 2 atom stereocenters. The minimum Gasteiger partial charge on any atom is -0.371 e. The lowest BCUT2D eigenvalue weighted by atomic mass is 10.2. The van der Waals surface area contributed by atoms with Crippen LogP contribution >= 0.6 is 31.9 Å². The van der Waals surface area contributed by atoms with Crippen molar-refractivity contribution in [1.29, 1.82) is 0 Å². The predicted octanol–water partition coefficient (Wildman–Crippen LogP) is 2.47. The highest BCUT2D eigenvalue weighted by Crippen LogP contribution is 2.17. The van der Waals surface area contributed by atoms with E-state index >= 15 is 0 Å². The zero-order valence-corrected chi connectivity index (χ0v) is 13.1. The second-order valence-electron chi connectivity index (χ2n) is 4.32. The van der Waals surface area contributed by atoms with E-state index in [0.717, 1.165) is 9.80 Å². The molecule has 1 saturated heterocycles. The second kappa shape index (κ2) is 6.12. The van der Waals surface area contributed by atoms with E-state index in [-0.39, 0.29) is 18.1 Å². The fourth-order valence-corrected chi connectivity index (χ4v) is 2.73. The molecule has 0 spiro atoms. The molecule has 1 aliphatic heterocycles. The second-order valence-corrected chi connectivity index (χ2v) is 5.89. The number of carbonyl (C=O) groups is 1. The van der Waals surface area contributed by atoms with Gasteiger partial charge in [-0.2, -0.15) is 0 Å². The lowest BCUT2D eigenvalue weighted by molar-refractivity contribution is -0.0559. The van der Waals surface area contributed by atoms with Gasteiger partial charge in [0.2, 0.25) is 0 Å². The molecule has 0 bridgehead atoms. The van der Waals surface area contributed by atoms with Gasteiger partial charge in [-0.05, 0) is 28.9 Å². The largest absolute Gasteiger partial charge is 0.371 e. The van der Waals surface area contributed by atoms with Crippen LogP contribution in [0.2, 0.25) is 0 Å². The first-order valence-corrected chi connectivity index (χ1v) is 7.63. The smallest absolute Gasteiger partial charge is 0.255 e. The molecule has 1 amide bonds. The quantitative estimate of drug-likeness (QED) is 0.743. The van der Waals surface area contributed by atoms with Crippen molar-refractivity contribution >= 4 is 37.8 Å². The van der Waals surface area contributed by atoms with E-state index in [1.165, 1.54) is 0 Å². The van der Waals surface area contributed by atoms with E-state index in [9.17, 15) is 4.79 Å². The Bertz CT molecular complexity index is 442. The predicted molar refractivity (Wildman–Crippen MR) is 76.0 cm³/mol. The van der Waals surface area contributed by atoms with E-state index in [0.29, 0.717) is 18.7 Å². The molecule has 18 heavy (non-hydrogen) atoms. The molecule has 0 N–H and O–H groups in total. The van der Waals surface area contributed by atoms with Crippen molar-refractivity contribution < 1.29 is 9.53 Å². The molecule has 0 aromatic carbocycles. The summed E-state index contributed by atoms with van der Waals surface area (Å²) in [5, 5.41) is 0.734. The summed E-state index contributed by atoms with van der Waals surface area (Å²) in [5.41, 5.74) is 0.604. The van der Waals surface area contributed by atoms with E-state index in [2.05, 4.69) is 36.8 Å². The maximum absolute atomic E-state index is 12.4. The molecule has 0 saturated carbocycles. The van der Waals surface area contributed by atoms with Gasteiger partial charge in [0.1, 0.15) is 0 Å². The molecule has 98 valence electrons. The minimum absolute atomic E-state index is 0.00454. The maximum atomic E-state index is 12.4. The first-order valence-electron chi connectivity index (χ1n) is 5.71. The topological polar surface area (TPSA) is 42.4 Å². The van der Waals surface area contributed by atoms with Crippen LogP contribution in [0.1, 0.15) is 17.3 Å². The van der Waals surface area contributed by atoms with Gasteiger partial charge in [0.15, 0.2) is 0 Å². The third-order valence-corrected chi connectivity index (χ3v) is 3.89. The normalized spacial score (nSPS) is 24.1. The van der Waals surface area contributed by atoms with Gasteiger partial charge >= 0.3 is 0 Å². The molecule has 2 unspecified atom stereocenters. The summed E-state index contributed by atoms with van der Waals surface area (Å²) in [4.78, 5) is 18.2. The monoisotopic (exact) mass is 376 g/mol. The molecule has 2 rings (SSSR count). The SMILES string of the molecule is CC1CN(C(=O)c2cncc(Br)c2)CC(CBr)O1. The molecule has 1 aromatic heterocycles. The first-order chi connectivity index (χ1) is 8.60. The number of amides is 1. The average molecular weight is 378 g/mol. The van der Waals surface area contributed by atoms with Gasteiger partial charge in [0, 0.05) is 35.3 Å². The van der Waals surface area contributed by atoms with Gasteiger partial charge in [0.25, 0.3) is 5.91 Å². The first kappa shape index (κ1) is 14.0. The van der Waals surface area contributed by atoms with Crippen molar-refractivity contribution in [3.05, 3.63) is 28.5 Å². The van der Waals surface area contributed by atoms with E-state index < -0.39 is 0 Å². The Balaban J connectivity index is 2.13. The zero-order valence-electron chi connectivity index (χ0n) is 9.97. The Labute approximate surface area is 123 Å². The number of aromatic nitrogens is 1. The number of rotatable bonds is 2. The summed E-state index contributed by atoms with van der Waals surface area (Å²) in [7, 11) is 0. The van der Waals surface area contributed by atoms with Crippen LogP contribution in [0, 0.1) is 0 Å². The van der Waals surface area contributed by atoms with Crippen molar-refractivity contribution in [2.24, 2.45) is 0 Å². The fourth-order valence-electron chi connectivity index (χ4n) is 2.01. The molecular weight excluding hydrogens is 364 g/mol. The van der Waals surface area contributed by atoms with Gasteiger partial charge < -0.3 is 9.64 Å². The summed E-state index contributed by atoms with van der Waals surface area (Å²) in [6, 6.07) is 1.79. The number of alkyl halides is 1. The Kier molecular flexibility index (Phi) is 4.75. The van der Waals surface area contributed by atoms with Crippen LogP contribution in [0.4, 0.5) is 0 Å². The van der Waals surface area contributed by atoms with Gasteiger partial charge in [0.05, 0.1) is 17.8 Å². The molecule has 0 aliphatic carbocycles. The molecule has 4 nitrogen and oxygen atoms in total. The lowest BCUT2D eigenvalue weighted by Crippen LogP contribution is -2.49. The minimum atomic E-state index is 0.00454. The van der Waals surface area contributed by atoms with E-state index in [1.54, 1.807) is 18.5 Å². The third-order valence-electron chi connectivity index (χ3n) is 2.74. The van der Waals surface area contributed by atoms with Crippen LogP contribution in [0.15, 0.2) is 22.9 Å². The number of halogens is 2. The van der Waals surface area contributed by atoms with Gasteiger partial charge in [-0.1, -0.05) is 15.9 Å². The summed E-state index contributed by atoms with van der Waals surface area (Å²) in [5.74, 6) is 0.00454. The van der Waals surface area contributed by atoms with Gasteiger partial charge in [-0.15, -0.1) is 0 Å². The third kappa shape index (κ3) is 3.30. The fraction of sp³-hybridized carbons (Fsp3) is 0.500. The van der Waals surface area contributed by atoms with Crippen molar-refractivity contribution in [2.45, 2.75) is 19.1 Å².